The third kappa shape index (κ3) is 8.52. The van der Waals surface area contributed by atoms with Crippen LogP contribution in [0.3, 0.4) is 0 Å². The maximum absolute atomic E-state index is 14.0. The van der Waals surface area contributed by atoms with Gasteiger partial charge in [0.2, 0.25) is 11.8 Å². The quantitative estimate of drug-likeness (QED) is 0.241. The van der Waals surface area contributed by atoms with Gasteiger partial charge in [0.05, 0.1) is 20.6 Å². The molecular weight excluding hydrogens is 628 g/mol. The third-order valence-corrected chi connectivity index (χ3v) is 9.40. The molecule has 220 valence electrons. The highest BCUT2D eigenvalue weighted by atomic mass is 35.5. The van der Waals surface area contributed by atoms with Crippen molar-refractivity contribution in [2.75, 3.05) is 17.4 Å². The van der Waals surface area contributed by atoms with Crippen LogP contribution in [0.5, 0.6) is 0 Å². The molecule has 12 heteroatoms. The van der Waals surface area contributed by atoms with Crippen LogP contribution >= 0.6 is 46.4 Å². The normalized spacial score (nSPS) is 12.2. The highest BCUT2D eigenvalue weighted by Gasteiger charge is 2.33. The molecule has 7 nitrogen and oxygen atoms in total. The second-order valence-corrected chi connectivity index (χ2v) is 13.5. The number of hydrogen-bond donors (Lipinski definition) is 1. The summed E-state index contributed by atoms with van der Waals surface area (Å²) in [7, 11) is -4.24. The van der Waals surface area contributed by atoms with E-state index >= 15 is 0 Å². The topological polar surface area (TPSA) is 86.8 Å². The van der Waals surface area contributed by atoms with Crippen LogP contribution in [0.4, 0.5) is 5.69 Å². The summed E-state index contributed by atoms with van der Waals surface area (Å²) in [6.45, 7) is 7.03. The summed E-state index contributed by atoms with van der Waals surface area (Å²) in [5.74, 6) is -0.838. The summed E-state index contributed by atoms with van der Waals surface area (Å²) < 4.78 is 28.7. The van der Waals surface area contributed by atoms with Crippen LogP contribution in [-0.4, -0.2) is 44.3 Å². The average molecular weight is 659 g/mol. The second kappa shape index (κ2) is 14.1. The molecule has 1 N–H and O–H groups in total. The molecule has 0 bridgehead atoms. The molecule has 0 aromatic heterocycles. The fourth-order valence-corrected chi connectivity index (χ4v) is 6.04. The highest BCUT2D eigenvalue weighted by molar-refractivity contribution is 7.92. The van der Waals surface area contributed by atoms with Gasteiger partial charge in [-0.2, -0.15) is 0 Å². The maximum atomic E-state index is 14.0. The van der Waals surface area contributed by atoms with Crippen molar-refractivity contribution in [2.24, 2.45) is 5.92 Å². The summed E-state index contributed by atoms with van der Waals surface area (Å²) in [6, 6.07) is 14.4. The Hall–Kier alpha value is -2.49. The van der Waals surface area contributed by atoms with Gasteiger partial charge in [0.15, 0.2) is 0 Å². The lowest BCUT2D eigenvalue weighted by Gasteiger charge is -2.32. The number of halogens is 4. The molecule has 0 fully saturated rings. The highest BCUT2D eigenvalue weighted by Crippen LogP contribution is 2.31. The smallest absolute Gasteiger partial charge is 0.264 e. The third-order valence-electron chi connectivity index (χ3n) is 6.29. The lowest BCUT2D eigenvalue weighted by molar-refractivity contribution is -0.139. The number of carbonyl (C=O) groups excluding carboxylic acids is 2. The van der Waals surface area contributed by atoms with Crippen molar-refractivity contribution in [1.29, 1.82) is 0 Å². The minimum atomic E-state index is -4.24. The van der Waals surface area contributed by atoms with Crippen molar-refractivity contribution in [3.8, 4) is 0 Å². The average Bonchev–Trinajstić information content (AvgIpc) is 2.91. The van der Waals surface area contributed by atoms with E-state index in [0.717, 1.165) is 9.87 Å². The Bertz CT molecular complexity index is 1510. The molecule has 41 heavy (non-hydrogen) atoms. The van der Waals surface area contributed by atoms with Gasteiger partial charge < -0.3 is 10.2 Å². The molecule has 0 aliphatic carbocycles. The second-order valence-electron chi connectivity index (χ2n) is 10.00. The van der Waals surface area contributed by atoms with Gasteiger partial charge in [0, 0.05) is 23.1 Å². The van der Waals surface area contributed by atoms with Gasteiger partial charge >= 0.3 is 0 Å². The molecule has 3 aromatic rings. The monoisotopic (exact) mass is 657 g/mol. The molecule has 0 saturated heterocycles. The summed E-state index contributed by atoms with van der Waals surface area (Å²) >= 11 is 24.8. The number of benzene rings is 3. The van der Waals surface area contributed by atoms with E-state index in [2.05, 4.69) is 5.32 Å². The van der Waals surface area contributed by atoms with Crippen molar-refractivity contribution in [2.45, 2.75) is 45.2 Å². The molecule has 0 saturated carbocycles. The SMILES string of the molecule is Cc1ccc(S(=O)(=O)N(CC(=O)N(Cc2ccc(Cl)cc2Cl)[C@@H](C)C(=O)NCC(C)C)c2ccc(Cl)c(Cl)c2)cc1. The fourth-order valence-electron chi connectivity index (χ4n) is 3.87. The van der Waals surface area contributed by atoms with Gasteiger partial charge in [-0.25, -0.2) is 8.42 Å². The van der Waals surface area contributed by atoms with E-state index in [9.17, 15) is 18.0 Å². The van der Waals surface area contributed by atoms with Crippen LogP contribution in [0.2, 0.25) is 20.1 Å². The van der Waals surface area contributed by atoms with Crippen LogP contribution < -0.4 is 9.62 Å². The molecule has 0 spiro atoms. The first kappa shape index (κ1) is 33.0. The Balaban J connectivity index is 2.06. The van der Waals surface area contributed by atoms with Crippen LogP contribution in [-0.2, 0) is 26.2 Å². The molecule has 0 unspecified atom stereocenters. The Labute approximate surface area is 261 Å². The molecule has 1 atom stereocenters. The molecule has 0 aliphatic heterocycles. The van der Waals surface area contributed by atoms with Crippen molar-refractivity contribution in [3.05, 3.63) is 91.9 Å². The summed E-state index contributed by atoms with van der Waals surface area (Å²) in [5.41, 5.74) is 1.54. The number of hydrogen-bond acceptors (Lipinski definition) is 4. The fraction of sp³-hybridized carbons (Fsp3) is 0.310. The number of sulfonamides is 1. The van der Waals surface area contributed by atoms with Gasteiger partial charge in [-0.05, 0) is 67.8 Å². The lowest BCUT2D eigenvalue weighted by Crippen LogP contribution is -2.51. The van der Waals surface area contributed by atoms with Crippen LogP contribution in [0, 0.1) is 12.8 Å². The van der Waals surface area contributed by atoms with E-state index in [1.54, 1.807) is 31.2 Å². The minimum Gasteiger partial charge on any atom is -0.354 e. The Kier molecular flexibility index (Phi) is 11.4. The first-order chi connectivity index (χ1) is 19.2. The number of carbonyl (C=O) groups is 2. The van der Waals surface area contributed by atoms with E-state index < -0.39 is 28.5 Å². The van der Waals surface area contributed by atoms with Crippen molar-refractivity contribution >= 4 is 73.9 Å². The van der Waals surface area contributed by atoms with Crippen LogP contribution in [0.15, 0.2) is 65.6 Å². The van der Waals surface area contributed by atoms with Crippen molar-refractivity contribution in [1.82, 2.24) is 10.2 Å². The first-order valence-electron chi connectivity index (χ1n) is 12.8. The molecule has 0 aliphatic rings. The predicted molar refractivity (Wildman–Crippen MR) is 166 cm³/mol. The maximum Gasteiger partial charge on any atom is 0.264 e. The largest absolute Gasteiger partial charge is 0.354 e. The molecule has 2 amide bonds. The van der Waals surface area contributed by atoms with Gasteiger partial charge in [0.25, 0.3) is 10.0 Å². The summed E-state index contributed by atoms with van der Waals surface area (Å²) in [5, 5.41) is 3.90. The van der Waals surface area contributed by atoms with Crippen LogP contribution in [0.1, 0.15) is 31.9 Å². The van der Waals surface area contributed by atoms with Crippen molar-refractivity contribution < 1.29 is 18.0 Å². The zero-order valence-corrected chi connectivity index (χ0v) is 26.8. The number of nitrogens with zero attached hydrogens (tertiary/aromatic N) is 2. The molecule has 3 rings (SSSR count). The molecule has 0 heterocycles. The number of rotatable bonds is 11. The van der Waals surface area contributed by atoms with E-state index in [1.807, 2.05) is 20.8 Å². The van der Waals surface area contributed by atoms with E-state index in [0.29, 0.717) is 22.2 Å². The number of anilines is 1. The summed E-state index contributed by atoms with van der Waals surface area (Å²) in [6.07, 6.45) is 0. The lowest BCUT2D eigenvalue weighted by atomic mass is 10.1. The standard InChI is InChI=1S/C29H31Cl4N3O4S/c1-18(2)15-34-29(38)20(4)35(16-21-7-8-22(30)13-26(21)32)28(37)17-36(23-9-12-25(31)27(33)14-23)41(39,40)24-10-5-19(3)6-11-24/h5-14,18,20H,15-17H2,1-4H3,(H,34,38)/t20-/m0/s1. The van der Waals surface area contributed by atoms with Crippen molar-refractivity contribution in [3.63, 3.8) is 0 Å². The van der Waals surface area contributed by atoms with Gasteiger partial charge in [-0.15, -0.1) is 0 Å². The number of nitrogens with one attached hydrogen (secondary N) is 1. The zero-order valence-electron chi connectivity index (χ0n) is 23.0. The van der Waals surface area contributed by atoms with E-state index in [4.69, 9.17) is 46.4 Å². The number of aryl methyl sites for hydroxylation is 1. The summed E-state index contributed by atoms with van der Waals surface area (Å²) in [4.78, 5) is 28.4. The molecule has 3 aromatic carbocycles. The minimum absolute atomic E-state index is 0.0167. The Morgan fingerprint density at radius 2 is 1.51 bits per heavy atom. The Morgan fingerprint density at radius 1 is 0.854 bits per heavy atom. The van der Waals surface area contributed by atoms with Gasteiger partial charge in [-0.3, -0.25) is 13.9 Å². The first-order valence-corrected chi connectivity index (χ1v) is 15.7. The van der Waals surface area contributed by atoms with Gasteiger partial charge in [-0.1, -0.05) is 84.0 Å². The van der Waals surface area contributed by atoms with E-state index in [1.165, 1.54) is 41.3 Å². The zero-order chi connectivity index (χ0) is 30.5. The van der Waals surface area contributed by atoms with E-state index in [-0.39, 0.29) is 39.0 Å². The van der Waals surface area contributed by atoms with Crippen LogP contribution in [0.25, 0.3) is 0 Å². The predicted octanol–water partition coefficient (Wildman–Crippen LogP) is 6.99. The molecular formula is C29H31Cl4N3O4S. The molecule has 0 radical (unpaired) electrons. The van der Waals surface area contributed by atoms with Gasteiger partial charge in [0.1, 0.15) is 12.6 Å². The Morgan fingerprint density at radius 3 is 2.10 bits per heavy atom. The number of amides is 2.